The normalized spacial score (nSPS) is 17.3. The molecule has 23 heavy (non-hydrogen) atoms. The molecule has 0 bridgehead atoms. The maximum Gasteiger partial charge on any atom is 0.314 e. The lowest BCUT2D eigenvalue weighted by Crippen LogP contribution is -2.42. The van der Waals surface area contributed by atoms with Crippen LogP contribution in [0.5, 0.6) is 0 Å². The van der Waals surface area contributed by atoms with E-state index in [0.717, 1.165) is 13.0 Å². The Balaban J connectivity index is 1.88. The Bertz CT molecular complexity index is 643. The van der Waals surface area contributed by atoms with E-state index in [9.17, 15) is 9.59 Å². The minimum absolute atomic E-state index is 0.0311. The lowest BCUT2D eigenvalue weighted by Gasteiger charge is -2.16. The van der Waals surface area contributed by atoms with Crippen LogP contribution in [0.3, 0.4) is 0 Å². The van der Waals surface area contributed by atoms with Crippen LogP contribution in [0, 0.1) is 11.3 Å². The summed E-state index contributed by atoms with van der Waals surface area (Å²) in [5.41, 5.74) is 0.771. The summed E-state index contributed by atoms with van der Waals surface area (Å²) in [4.78, 5) is 25.4. The number of rotatable bonds is 4. The van der Waals surface area contributed by atoms with Crippen molar-refractivity contribution in [3.05, 3.63) is 28.8 Å². The molecule has 1 aliphatic heterocycles. The van der Waals surface area contributed by atoms with Crippen molar-refractivity contribution in [3.8, 4) is 6.07 Å². The highest BCUT2D eigenvalue weighted by Crippen LogP contribution is 2.20. The van der Waals surface area contributed by atoms with Gasteiger partial charge < -0.3 is 16.0 Å². The van der Waals surface area contributed by atoms with Crippen molar-refractivity contribution in [2.24, 2.45) is 0 Å². The number of nitrogens with one attached hydrogen (secondary N) is 3. The molecule has 0 aromatic heterocycles. The second-order valence-corrected chi connectivity index (χ2v) is 5.73. The first-order valence-corrected chi connectivity index (χ1v) is 7.59. The molecule has 0 spiro atoms. The molecule has 0 saturated carbocycles. The zero-order chi connectivity index (χ0) is 16.8. The van der Waals surface area contributed by atoms with Gasteiger partial charge in [0.2, 0.25) is 5.91 Å². The van der Waals surface area contributed by atoms with Gasteiger partial charge in [0.1, 0.15) is 6.07 Å². The molecule has 0 aliphatic carbocycles. The Labute approximate surface area is 139 Å². The molecule has 7 nitrogen and oxygen atoms in total. The van der Waals surface area contributed by atoms with Crippen LogP contribution in [0.4, 0.5) is 10.5 Å². The summed E-state index contributed by atoms with van der Waals surface area (Å²) in [5.74, 6) is -0.218. The number of benzene rings is 1. The van der Waals surface area contributed by atoms with Crippen LogP contribution in [0.25, 0.3) is 0 Å². The van der Waals surface area contributed by atoms with Crippen LogP contribution < -0.4 is 16.0 Å². The maximum atomic E-state index is 12.1. The zero-order valence-electron chi connectivity index (χ0n) is 12.7. The first-order chi connectivity index (χ1) is 11.0. The molecule has 1 saturated heterocycles. The number of hydrogen-bond donors (Lipinski definition) is 3. The summed E-state index contributed by atoms with van der Waals surface area (Å²) < 4.78 is 0. The molecular weight excluding hydrogens is 318 g/mol. The molecule has 1 aliphatic rings. The van der Waals surface area contributed by atoms with Gasteiger partial charge in [0, 0.05) is 31.2 Å². The van der Waals surface area contributed by atoms with E-state index in [2.05, 4.69) is 16.0 Å². The summed E-state index contributed by atoms with van der Waals surface area (Å²) in [6.45, 7) is 1.54. The van der Waals surface area contributed by atoms with Crippen LogP contribution in [-0.2, 0) is 4.79 Å². The quantitative estimate of drug-likeness (QED) is 0.769. The van der Waals surface area contributed by atoms with Crippen molar-refractivity contribution < 1.29 is 9.59 Å². The fourth-order valence-corrected chi connectivity index (χ4v) is 2.63. The van der Waals surface area contributed by atoms with Gasteiger partial charge in [-0.05, 0) is 24.6 Å². The van der Waals surface area contributed by atoms with Crippen molar-refractivity contribution in [3.63, 3.8) is 0 Å². The van der Waals surface area contributed by atoms with Crippen LogP contribution in [-0.4, -0.2) is 49.6 Å². The highest BCUT2D eigenvalue weighted by Gasteiger charge is 2.25. The fourth-order valence-electron chi connectivity index (χ4n) is 2.46. The standard InChI is InChI=1S/C15H18ClN5O2/c1-18-15(23)19-12-4-5-21(8-12)9-14(22)20-13-6-11(16)3-2-10(13)7-17/h2-3,6,12H,4-5,8-9H2,1H3,(H,20,22)(H2,18,19,23)/t12-/m0/s1. The third kappa shape index (κ3) is 4.84. The SMILES string of the molecule is CNC(=O)N[C@H]1CCN(CC(=O)Nc2cc(Cl)ccc2C#N)C1. The van der Waals surface area contributed by atoms with Crippen LogP contribution in [0.2, 0.25) is 5.02 Å². The number of carbonyl (C=O) groups is 2. The van der Waals surface area contributed by atoms with Crippen molar-refractivity contribution in [1.82, 2.24) is 15.5 Å². The summed E-state index contributed by atoms with van der Waals surface area (Å²) in [5, 5.41) is 17.5. The molecule has 1 atom stereocenters. The predicted octanol–water partition coefficient (Wildman–Crippen LogP) is 1.15. The third-order valence-corrected chi connectivity index (χ3v) is 3.81. The smallest absolute Gasteiger partial charge is 0.314 e. The lowest BCUT2D eigenvalue weighted by atomic mass is 10.2. The number of nitrogens with zero attached hydrogens (tertiary/aromatic N) is 2. The fraction of sp³-hybridized carbons (Fsp3) is 0.400. The molecule has 1 aromatic carbocycles. The number of urea groups is 1. The van der Waals surface area contributed by atoms with Gasteiger partial charge in [0.25, 0.3) is 0 Å². The van der Waals surface area contributed by atoms with E-state index in [4.69, 9.17) is 16.9 Å². The topological polar surface area (TPSA) is 97.3 Å². The Kier molecular flexibility index (Phi) is 5.79. The second kappa shape index (κ2) is 7.81. The Morgan fingerprint density at radius 3 is 2.96 bits per heavy atom. The van der Waals surface area contributed by atoms with Gasteiger partial charge in [-0.1, -0.05) is 11.6 Å². The Hall–Kier alpha value is -2.30. The lowest BCUT2D eigenvalue weighted by molar-refractivity contribution is -0.117. The van der Waals surface area contributed by atoms with E-state index in [-0.39, 0.29) is 24.5 Å². The molecule has 0 unspecified atom stereocenters. The molecule has 3 N–H and O–H groups in total. The van der Waals surface area contributed by atoms with Crippen molar-refractivity contribution in [1.29, 1.82) is 5.26 Å². The summed E-state index contributed by atoms with van der Waals surface area (Å²) >= 11 is 5.89. The van der Waals surface area contributed by atoms with Gasteiger partial charge in [-0.3, -0.25) is 9.69 Å². The number of carbonyl (C=O) groups excluding carboxylic acids is 2. The van der Waals surface area contributed by atoms with Crippen LogP contribution in [0.15, 0.2) is 18.2 Å². The van der Waals surface area contributed by atoms with Gasteiger partial charge in [0.05, 0.1) is 17.8 Å². The van der Waals surface area contributed by atoms with Crippen LogP contribution in [0.1, 0.15) is 12.0 Å². The van der Waals surface area contributed by atoms with Gasteiger partial charge in [-0.15, -0.1) is 0 Å². The molecular formula is C15H18ClN5O2. The third-order valence-electron chi connectivity index (χ3n) is 3.58. The van der Waals surface area contributed by atoms with E-state index in [1.807, 2.05) is 11.0 Å². The highest BCUT2D eigenvalue weighted by molar-refractivity contribution is 6.31. The molecule has 1 aromatic rings. The van der Waals surface area contributed by atoms with E-state index >= 15 is 0 Å². The molecule has 1 fully saturated rings. The van der Waals surface area contributed by atoms with Crippen molar-refractivity contribution in [2.75, 3.05) is 32.0 Å². The summed E-state index contributed by atoms with van der Waals surface area (Å²) in [6.07, 6.45) is 0.793. The Morgan fingerprint density at radius 2 is 2.26 bits per heavy atom. The largest absolute Gasteiger partial charge is 0.341 e. The summed E-state index contributed by atoms with van der Waals surface area (Å²) in [6, 6.07) is 6.55. The number of likely N-dealkylation sites (tertiary alicyclic amines) is 1. The highest BCUT2D eigenvalue weighted by atomic mass is 35.5. The van der Waals surface area contributed by atoms with Gasteiger partial charge in [-0.2, -0.15) is 5.26 Å². The minimum Gasteiger partial charge on any atom is -0.341 e. The number of anilines is 1. The van der Waals surface area contributed by atoms with Gasteiger partial charge in [0.15, 0.2) is 0 Å². The molecule has 2 rings (SSSR count). The molecule has 1 heterocycles. The van der Waals surface area contributed by atoms with Gasteiger partial charge >= 0.3 is 6.03 Å². The van der Waals surface area contributed by atoms with Gasteiger partial charge in [-0.25, -0.2) is 4.79 Å². The number of nitriles is 1. The van der Waals surface area contributed by atoms with E-state index in [0.29, 0.717) is 22.8 Å². The number of halogens is 1. The Morgan fingerprint density at radius 1 is 1.48 bits per heavy atom. The van der Waals surface area contributed by atoms with E-state index < -0.39 is 0 Å². The first-order valence-electron chi connectivity index (χ1n) is 7.22. The summed E-state index contributed by atoms with van der Waals surface area (Å²) in [7, 11) is 1.56. The number of hydrogen-bond acceptors (Lipinski definition) is 4. The molecule has 0 radical (unpaired) electrons. The van der Waals surface area contributed by atoms with Crippen molar-refractivity contribution in [2.45, 2.75) is 12.5 Å². The second-order valence-electron chi connectivity index (χ2n) is 5.29. The first kappa shape index (κ1) is 17.1. The average Bonchev–Trinajstić information content (AvgIpc) is 2.94. The van der Waals surface area contributed by atoms with E-state index in [1.54, 1.807) is 25.2 Å². The zero-order valence-corrected chi connectivity index (χ0v) is 13.5. The van der Waals surface area contributed by atoms with Crippen molar-refractivity contribution >= 4 is 29.2 Å². The predicted molar refractivity (Wildman–Crippen MR) is 87.2 cm³/mol. The van der Waals surface area contributed by atoms with E-state index in [1.165, 1.54) is 0 Å². The maximum absolute atomic E-state index is 12.1. The minimum atomic E-state index is -0.223. The number of amides is 3. The molecule has 3 amide bonds. The molecule has 8 heteroatoms. The van der Waals surface area contributed by atoms with Crippen LogP contribution >= 0.6 is 11.6 Å². The monoisotopic (exact) mass is 335 g/mol. The average molecular weight is 336 g/mol. The molecule has 122 valence electrons.